The first-order valence-corrected chi connectivity index (χ1v) is 36.1. The average molecular weight is 1400 g/mol. The van der Waals surface area contributed by atoms with E-state index in [0.717, 1.165) is 31.1 Å². The highest BCUT2D eigenvalue weighted by Crippen LogP contribution is 2.53. The number of halogens is 6. The molecule has 26 nitrogen and oxygen atoms in total. The zero-order valence-corrected chi connectivity index (χ0v) is 55.2. The standard InChI is InChI=1S/C24H24F3N5O3S.C19H23F3N6O3S.C18H24N6O3S/c25-24(26,27)18-13-21(28)29-15-17(18)19-14-20(31-22(30-19)32-9-11-35-12-10-32)23(7-4-8-23)36(33,34)16-5-2-1-3-6-16;1-11-10-31-7-6-28(11)17-25-13(12-9-24-16(23)27-15(12)19(20,21)22)8-14(26-17)18(4-3-5-18)32(2,29)30;1-12-11-27-7-6-24(12)17-22-14(13-9-20-16(19)21-10-13)8-15(23-17)18(4-3-5-18)28(2,25)26/h1-3,5-6,13-15H,4,7-12H2,(H2,28,29);8-9,11H,3-7,10H2,1-2H3,(H2,23,24,27);8-10,12H,3-7,11H2,1-2H3,(H2,19,20,21)/t;11-;12-/m.00/s1. The van der Waals surface area contributed by atoms with Gasteiger partial charge in [-0.05, 0) is 108 Å². The highest BCUT2D eigenvalue weighted by molar-refractivity contribution is 7.92. The van der Waals surface area contributed by atoms with E-state index >= 15 is 0 Å². The van der Waals surface area contributed by atoms with Crippen LogP contribution in [0.15, 0.2) is 84.3 Å². The van der Waals surface area contributed by atoms with Crippen molar-refractivity contribution in [3.63, 3.8) is 0 Å². The topological polar surface area (TPSA) is 360 Å². The zero-order valence-electron chi connectivity index (χ0n) is 52.8. The van der Waals surface area contributed by atoms with Gasteiger partial charge in [-0.2, -0.15) is 26.3 Å². The van der Waals surface area contributed by atoms with Crippen LogP contribution in [0.4, 0.5) is 61.9 Å². The molecule has 96 heavy (non-hydrogen) atoms. The Balaban J connectivity index is 0.000000147. The van der Waals surface area contributed by atoms with E-state index in [4.69, 9.17) is 41.4 Å². The minimum absolute atomic E-state index is 0.0594. The molecular weight excluding hydrogens is 1320 g/mol. The molecule has 35 heteroatoms. The van der Waals surface area contributed by atoms with Crippen molar-refractivity contribution < 1.29 is 65.8 Å². The third-order valence-electron chi connectivity index (χ3n) is 18.4. The summed E-state index contributed by atoms with van der Waals surface area (Å²) >= 11 is 0. The Morgan fingerprint density at radius 3 is 1.43 bits per heavy atom. The molecule has 0 spiro atoms. The molecule has 3 aliphatic heterocycles. The number of anilines is 6. The first-order valence-electron chi connectivity index (χ1n) is 30.8. The van der Waals surface area contributed by atoms with E-state index in [2.05, 4.69) is 49.8 Å². The van der Waals surface area contributed by atoms with Crippen molar-refractivity contribution in [3.05, 3.63) is 108 Å². The van der Waals surface area contributed by atoms with E-state index < -0.39 is 73.3 Å². The molecule has 6 N–H and O–H groups in total. The first-order chi connectivity index (χ1) is 45.3. The molecule has 6 aromatic heterocycles. The lowest BCUT2D eigenvalue weighted by Crippen LogP contribution is -2.46. The third kappa shape index (κ3) is 13.7. The molecule has 2 atom stereocenters. The minimum Gasteiger partial charge on any atom is -0.384 e. The number of alkyl halides is 6. The monoisotopic (exact) mass is 1400 g/mol. The van der Waals surface area contributed by atoms with Crippen LogP contribution in [0.1, 0.15) is 100.0 Å². The Hall–Kier alpha value is -8.12. The van der Waals surface area contributed by atoms with Gasteiger partial charge in [-0.15, -0.1) is 0 Å². The summed E-state index contributed by atoms with van der Waals surface area (Å²) in [5.74, 6) is 0.181. The molecule has 1 aromatic carbocycles. The Bertz CT molecular complexity index is 4360. The van der Waals surface area contributed by atoms with E-state index in [1.807, 2.05) is 13.8 Å². The van der Waals surface area contributed by atoms with E-state index in [1.54, 1.807) is 46.5 Å². The molecule has 0 amide bonds. The van der Waals surface area contributed by atoms with Gasteiger partial charge in [0.2, 0.25) is 29.7 Å². The molecule has 7 aromatic rings. The number of nitrogens with zero attached hydrogens (tertiary/aromatic N) is 14. The number of benzene rings is 1. The number of sulfone groups is 3. The maximum absolute atomic E-state index is 13.9. The molecular formula is C61H71F6N17O9S3. The summed E-state index contributed by atoms with van der Waals surface area (Å²) in [7, 11) is -10.8. The number of hydrogen-bond donors (Lipinski definition) is 3. The van der Waals surface area contributed by atoms with Gasteiger partial charge in [0.15, 0.2) is 35.2 Å². The predicted molar refractivity (Wildman–Crippen MR) is 343 cm³/mol. The Kier molecular flexibility index (Phi) is 19.3. The summed E-state index contributed by atoms with van der Waals surface area (Å²) in [6, 6.07) is 13.2. The highest BCUT2D eigenvalue weighted by Gasteiger charge is 2.54. The second-order valence-corrected chi connectivity index (χ2v) is 31.4. The molecule has 0 unspecified atom stereocenters. The molecule has 13 rings (SSSR count). The molecule has 3 aliphatic carbocycles. The molecule has 3 saturated carbocycles. The van der Waals surface area contributed by atoms with Gasteiger partial charge in [0, 0.05) is 80.2 Å². The zero-order chi connectivity index (χ0) is 68.8. The maximum atomic E-state index is 13.9. The molecule has 0 bridgehead atoms. The normalized spacial score (nSPS) is 20.2. The van der Waals surface area contributed by atoms with Crippen LogP contribution in [0.5, 0.6) is 0 Å². The summed E-state index contributed by atoms with van der Waals surface area (Å²) in [5, 5.41) is 0. The molecule has 514 valence electrons. The van der Waals surface area contributed by atoms with Gasteiger partial charge in [0.1, 0.15) is 20.1 Å². The predicted octanol–water partition coefficient (Wildman–Crippen LogP) is 7.18. The minimum atomic E-state index is -4.81. The first kappa shape index (κ1) is 69.2. The Morgan fingerprint density at radius 1 is 0.500 bits per heavy atom. The number of nitrogen functional groups attached to an aromatic ring is 3. The average Bonchev–Trinajstić information content (AvgIpc) is 0.703. The number of ether oxygens (including phenoxy) is 3. The van der Waals surface area contributed by atoms with Crippen molar-refractivity contribution >= 4 is 65.1 Å². The van der Waals surface area contributed by atoms with Crippen molar-refractivity contribution in [3.8, 4) is 33.8 Å². The van der Waals surface area contributed by atoms with Crippen LogP contribution in [0.3, 0.4) is 0 Å². The van der Waals surface area contributed by atoms with Crippen LogP contribution in [-0.2, 0) is 70.3 Å². The second-order valence-electron chi connectivity index (χ2n) is 24.5. The van der Waals surface area contributed by atoms with Crippen LogP contribution < -0.4 is 31.9 Å². The molecule has 3 saturated heterocycles. The quantitative estimate of drug-likeness (QED) is 0.0962. The van der Waals surface area contributed by atoms with Crippen LogP contribution in [0.2, 0.25) is 0 Å². The van der Waals surface area contributed by atoms with Crippen molar-refractivity contribution in [1.29, 1.82) is 0 Å². The van der Waals surface area contributed by atoms with E-state index in [9.17, 15) is 51.6 Å². The number of aromatic nitrogens is 11. The number of nitrogens with two attached hydrogens (primary N) is 3. The lowest BCUT2D eigenvalue weighted by atomic mass is 9.81. The SMILES string of the molecule is C[C@H]1COCCN1c1nc(-c2cnc(N)nc2)cc(C2(S(C)(=O)=O)CCC2)n1.C[C@H]1COCCN1c1nc(-c2cnc(N)nc2C(F)(F)F)cc(C2(S(C)(=O)=O)CCC2)n1.Nc1cc(C(F)(F)F)c(-c2cc(C3(S(=O)(=O)c4ccccc4)CCC3)nc(N3CCOCC3)n2)cn1. The molecule has 6 aliphatic rings. The van der Waals surface area contributed by atoms with Crippen molar-refractivity contribution in [1.82, 2.24) is 54.8 Å². The Morgan fingerprint density at radius 2 is 0.948 bits per heavy atom. The number of pyridine rings is 1. The van der Waals surface area contributed by atoms with E-state index in [1.165, 1.54) is 30.5 Å². The van der Waals surface area contributed by atoms with Gasteiger partial charge in [-0.25, -0.2) is 80.1 Å². The smallest absolute Gasteiger partial charge is 0.384 e. The van der Waals surface area contributed by atoms with Crippen molar-refractivity contribution in [2.75, 3.05) is 110 Å². The second kappa shape index (κ2) is 26.7. The number of rotatable bonds is 13. The number of hydrogen-bond acceptors (Lipinski definition) is 26. The van der Waals surface area contributed by atoms with Gasteiger partial charge in [0.05, 0.1) is 96.3 Å². The maximum Gasteiger partial charge on any atom is 0.434 e. The summed E-state index contributed by atoms with van der Waals surface area (Å²) in [6.07, 6.45) is 2.64. The lowest BCUT2D eigenvalue weighted by Gasteiger charge is -2.41. The molecule has 0 radical (unpaired) electrons. The van der Waals surface area contributed by atoms with Gasteiger partial charge >= 0.3 is 12.4 Å². The van der Waals surface area contributed by atoms with Gasteiger partial charge in [-0.1, -0.05) is 18.2 Å². The van der Waals surface area contributed by atoms with Gasteiger partial charge in [-0.3, -0.25) is 0 Å². The fourth-order valence-electron chi connectivity index (χ4n) is 12.4. The van der Waals surface area contributed by atoms with E-state index in [0.29, 0.717) is 140 Å². The van der Waals surface area contributed by atoms with Crippen LogP contribution >= 0.6 is 0 Å². The largest absolute Gasteiger partial charge is 0.434 e. The van der Waals surface area contributed by atoms with Crippen LogP contribution in [-0.4, -0.2) is 170 Å². The van der Waals surface area contributed by atoms with E-state index in [-0.39, 0.29) is 74.5 Å². The van der Waals surface area contributed by atoms with Gasteiger partial charge in [0.25, 0.3) is 0 Å². The van der Waals surface area contributed by atoms with Crippen molar-refractivity contribution in [2.45, 2.75) is 115 Å². The van der Waals surface area contributed by atoms with Gasteiger partial charge < -0.3 is 46.1 Å². The summed E-state index contributed by atoms with van der Waals surface area (Å²) in [6.45, 7) is 8.55. The number of morpholine rings is 3. The van der Waals surface area contributed by atoms with Crippen LogP contribution in [0.25, 0.3) is 33.8 Å². The third-order valence-corrected chi connectivity index (χ3v) is 25.0. The lowest BCUT2D eigenvalue weighted by molar-refractivity contribution is -0.140. The summed E-state index contributed by atoms with van der Waals surface area (Å²) < 4.78 is 174. The fraction of sp³-hybridized carbons (Fsp3) is 0.492. The Labute approximate surface area is 550 Å². The fourth-order valence-corrected chi connectivity index (χ4v) is 17.6. The highest BCUT2D eigenvalue weighted by atomic mass is 32.2. The van der Waals surface area contributed by atoms with Crippen LogP contribution in [0, 0.1) is 0 Å². The summed E-state index contributed by atoms with van der Waals surface area (Å²) in [5.41, 5.74) is 15.6. The molecule has 6 fully saturated rings. The summed E-state index contributed by atoms with van der Waals surface area (Å²) in [4.78, 5) is 52.3. The molecule has 9 heterocycles. The van der Waals surface area contributed by atoms with Crippen molar-refractivity contribution in [2.24, 2.45) is 0 Å².